The van der Waals surface area contributed by atoms with Gasteiger partial charge in [-0.3, -0.25) is 10.1 Å². The molecule has 0 saturated heterocycles. The van der Waals surface area contributed by atoms with Crippen LogP contribution < -0.4 is 10.5 Å². The van der Waals surface area contributed by atoms with Gasteiger partial charge in [-0.25, -0.2) is 4.79 Å². The third-order valence-electron chi connectivity index (χ3n) is 3.52. The van der Waals surface area contributed by atoms with Crippen molar-refractivity contribution in [3.63, 3.8) is 0 Å². The van der Waals surface area contributed by atoms with Gasteiger partial charge in [-0.1, -0.05) is 12.1 Å². The van der Waals surface area contributed by atoms with Crippen molar-refractivity contribution >= 4 is 28.0 Å². The number of nitrogens with zero attached hydrogens (tertiary/aromatic N) is 2. The average Bonchev–Trinajstić information content (AvgIpc) is 2.53. The number of hydrogen-bond acceptors (Lipinski definition) is 6. The number of nitro groups is 1. The maximum Gasteiger partial charge on any atom is 0.417 e. The number of benzene rings is 2. The summed E-state index contributed by atoms with van der Waals surface area (Å²) < 4.78 is 5.04. The molecule has 1 N–H and O–H groups in total. The van der Waals surface area contributed by atoms with Gasteiger partial charge in [0.25, 0.3) is 0 Å². The molecule has 0 fully saturated rings. The molecule has 1 heterocycles. The zero-order chi connectivity index (χ0) is 16.6. The predicted octanol–water partition coefficient (Wildman–Crippen LogP) is 3.17. The number of para-hydroxylation sites is 1. The van der Waals surface area contributed by atoms with E-state index in [2.05, 4.69) is 0 Å². The first-order chi connectivity index (χ1) is 11.0. The summed E-state index contributed by atoms with van der Waals surface area (Å²) in [6.07, 6.45) is 0. The van der Waals surface area contributed by atoms with Crippen molar-refractivity contribution in [2.45, 2.75) is 0 Å². The Bertz CT molecular complexity index is 947. The first-order valence-corrected chi connectivity index (χ1v) is 6.72. The van der Waals surface area contributed by atoms with Crippen LogP contribution in [0.5, 0.6) is 5.75 Å². The molecule has 0 bridgehead atoms. The number of hydrogen-bond donors (Lipinski definition) is 1. The van der Waals surface area contributed by atoms with E-state index in [1.165, 1.54) is 17.0 Å². The molecule has 0 spiro atoms. The van der Waals surface area contributed by atoms with Gasteiger partial charge in [-0.05, 0) is 36.4 Å². The summed E-state index contributed by atoms with van der Waals surface area (Å²) in [5.74, 6) is 0.0779. The van der Waals surface area contributed by atoms with Crippen LogP contribution in [-0.4, -0.2) is 17.1 Å². The highest BCUT2D eigenvalue weighted by molar-refractivity contribution is 5.96. The summed E-state index contributed by atoms with van der Waals surface area (Å²) in [4.78, 5) is 24.1. The molecule has 0 saturated carbocycles. The number of anilines is 2. The minimum absolute atomic E-state index is 0.0779. The second-order valence-corrected chi connectivity index (χ2v) is 4.92. The summed E-state index contributed by atoms with van der Waals surface area (Å²) in [6, 6.07) is 12.7. The average molecular weight is 312 g/mol. The van der Waals surface area contributed by atoms with Gasteiger partial charge in [0.2, 0.25) is 0 Å². The largest absolute Gasteiger partial charge is 0.508 e. The molecule has 23 heavy (non-hydrogen) atoms. The number of phenolic OH excluding ortho intramolecular Hbond substituents is 1. The minimum atomic E-state index is -1.01. The highest BCUT2D eigenvalue weighted by Crippen LogP contribution is 2.36. The van der Waals surface area contributed by atoms with Crippen molar-refractivity contribution in [3.05, 3.63) is 69.1 Å². The standard InChI is InChI=1S/C16H12N2O5/c1-17(10-6-8-11(19)9-7-10)14-12-4-2-3-5-13(12)23-16(20)15(14)18(21)22/h2-9,19H,1H3. The first kappa shape index (κ1) is 14.6. The summed E-state index contributed by atoms with van der Waals surface area (Å²) in [5.41, 5.74) is -0.633. The van der Waals surface area contributed by atoms with E-state index >= 15 is 0 Å². The predicted molar refractivity (Wildman–Crippen MR) is 85.3 cm³/mol. The molecule has 0 aliphatic rings. The van der Waals surface area contributed by atoms with E-state index in [0.29, 0.717) is 11.1 Å². The second kappa shape index (κ2) is 5.45. The Labute approximate surface area is 130 Å². The molecular formula is C16H12N2O5. The van der Waals surface area contributed by atoms with Crippen LogP contribution in [-0.2, 0) is 0 Å². The number of rotatable bonds is 3. The molecule has 116 valence electrons. The summed E-state index contributed by atoms with van der Waals surface area (Å²) in [5, 5.41) is 21.2. The van der Waals surface area contributed by atoms with Gasteiger partial charge >= 0.3 is 11.3 Å². The molecule has 7 heteroatoms. The Morgan fingerprint density at radius 1 is 1.13 bits per heavy atom. The van der Waals surface area contributed by atoms with Crippen molar-refractivity contribution in [1.82, 2.24) is 0 Å². The van der Waals surface area contributed by atoms with Crippen molar-refractivity contribution in [2.24, 2.45) is 0 Å². The van der Waals surface area contributed by atoms with Gasteiger partial charge in [0, 0.05) is 18.1 Å². The monoisotopic (exact) mass is 312 g/mol. The Kier molecular flexibility index (Phi) is 3.46. The van der Waals surface area contributed by atoms with Gasteiger partial charge in [0.1, 0.15) is 17.0 Å². The third-order valence-corrected chi connectivity index (χ3v) is 3.52. The lowest BCUT2D eigenvalue weighted by Crippen LogP contribution is -2.17. The van der Waals surface area contributed by atoms with E-state index in [1.54, 1.807) is 43.4 Å². The molecule has 0 amide bonds. The lowest BCUT2D eigenvalue weighted by Gasteiger charge is -2.20. The van der Waals surface area contributed by atoms with Crippen molar-refractivity contribution in [2.75, 3.05) is 11.9 Å². The first-order valence-electron chi connectivity index (χ1n) is 6.72. The molecular weight excluding hydrogens is 300 g/mol. The lowest BCUT2D eigenvalue weighted by atomic mass is 10.1. The Hall–Kier alpha value is -3.35. The van der Waals surface area contributed by atoms with Crippen LogP contribution in [0.25, 0.3) is 11.0 Å². The van der Waals surface area contributed by atoms with Crippen LogP contribution in [0.15, 0.2) is 57.7 Å². The van der Waals surface area contributed by atoms with E-state index < -0.39 is 16.2 Å². The molecule has 3 aromatic rings. The quantitative estimate of drug-likeness (QED) is 0.453. The second-order valence-electron chi connectivity index (χ2n) is 4.92. The molecule has 0 aliphatic carbocycles. The van der Waals surface area contributed by atoms with Gasteiger partial charge in [-0.2, -0.15) is 0 Å². The van der Waals surface area contributed by atoms with Gasteiger partial charge < -0.3 is 14.4 Å². The molecule has 0 radical (unpaired) electrons. The van der Waals surface area contributed by atoms with Crippen LogP contribution in [0.1, 0.15) is 0 Å². The molecule has 0 atom stereocenters. The van der Waals surface area contributed by atoms with Crippen molar-refractivity contribution in [1.29, 1.82) is 0 Å². The SMILES string of the molecule is CN(c1ccc(O)cc1)c1c([N+](=O)[O-])c(=O)oc2ccccc12. The van der Waals surface area contributed by atoms with Gasteiger partial charge in [0.05, 0.1) is 4.92 Å². The third kappa shape index (κ3) is 2.48. The van der Waals surface area contributed by atoms with E-state index in [0.717, 1.165) is 0 Å². The van der Waals surface area contributed by atoms with Crippen molar-refractivity contribution in [3.8, 4) is 5.75 Å². The maximum absolute atomic E-state index is 12.0. The van der Waals surface area contributed by atoms with Gasteiger partial charge in [0.15, 0.2) is 0 Å². The van der Waals surface area contributed by atoms with Crippen molar-refractivity contribution < 1.29 is 14.4 Å². The zero-order valence-corrected chi connectivity index (χ0v) is 12.1. The number of phenols is 1. The fourth-order valence-electron chi connectivity index (χ4n) is 2.43. The molecule has 0 aliphatic heterocycles. The van der Waals surface area contributed by atoms with Crippen LogP contribution >= 0.6 is 0 Å². The van der Waals surface area contributed by atoms with Crippen LogP contribution in [0, 0.1) is 10.1 Å². The Balaban J connectivity index is 2.33. The fourth-order valence-corrected chi connectivity index (χ4v) is 2.43. The van der Waals surface area contributed by atoms with E-state index in [4.69, 9.17) is 4.42 Å². The van der Waals surface area contributed by atoms with Crippen LogP contribution in [0.4, 0.5) is 17.1 Å². The lowest BCUT2D eigenvalue weighted by molar-refractivity contribution is -0.386. The summed E-state index contributed by atoms with van der Waals surface area (Å²) in [7, 11) is 1.61. The van der Waals surface area contributed by atoms with E-state index in [9.17, 15) is 20.0 Å². The molecule has 2 aromatic carbocycles. The highest BCUT2D eigenvalue weighted by atomic mass is 16.6. The normalized spacial score (nSPS) is 10.7. The van der Waals surface area contributed by atoms with Crippen LogP contribution in [0.3, 0.4) is 0 Å². The summed E-state index contributed by atoms with van der Waals surface area (Å²) >= 11 is 0. The zero-order valence-electron chi connectivity index (χ0n) is 12.1. The topological polar surface area (TPSA) is 96.8 Å². The highest BCUT2D eigenvalue weighted by Gasteiger charge is 2.27. The van der Waals surface area contributed by atoms with E-state index in [-0.39, 0.29) is 17.0 Å². The Morgan fingerprint density at radius 2 is 1.78 bits per heavy atom. The van der Waals surface area contributed by atoms with Gasteiger partial charge in [-0.15, -0.1) is 0 Å². The maximum atomic E-state index is 12.0. The molecule has 7 nitrogen and oxygen atoms in total. The molecule has 1 aromatic heterocycles. The number of aromatic hydroxyl groups is 1. The molecule has 0 unspecified atom stereocenters. The number of fused-ring (bicyclic) bond motifs is 1. The minimum Gasteiger partial charge on any atom is -0.508 e. The summed E-state index contributed by atoms with van der Waals surface area (Å²) in [6.45, 7) is 0. The van der Waals surface area contributed by atoms with E-state index in [1.807, 2.05) is 0 Å². The van der Waals surface area contributed by atoms with Crippen LogP contribution in [0.2, 0.25) is 0 Å². The smallest absolute Gasteiger partial charge is 0.417 e. The fraction of sp³-hybridized carbons (Fsp3) is 0.0625. The Morgan fingerprint density at radius 3 is 2.43 bits per heavy atom. The molecule has 3 rings (SSSR count).